The molecule has 0 aromatic heterocycles. The van der Waals surface area contributed by atoms with Gasteiger partial charge in [-0.1, -0.05) is 49.4 Å². The van der Waals surface area contributed by atoms with E-state index in [0.717, 1.165) is 5.56 Å². The van der Waals surface area contributed by atoms with Gasteiger partial charge in [0.05, 0.1) is 5.92 Å². The van der Waals surface area contributed by atoms with Gasteiger partial charge in [0.15, 0.2) is 0 Å². The van der Waals surface area contributed by atoms with Crippen LogP contribution in [0.3, 0.4) is 0 Å². The van der Waals surface area contributed by atoms with Gasteiger partial charge in [0, 0.05) is 6.42 Å². The Bertz CT molecular complexity index is 686. The first-order valence-electron chi connectivity index (χ1n) is 7.83. The van der Waals surface area contributed by atoms with Gasteiger partial charge in [-0.2, -0.15) is 0 Å². The molecule has 0 spiro atoms. The third kappa shape index (κ3) is 4.65. The number of amides is 1. The first kappa shape index (κ1) is 17.7. The Morgan fingerprint density at radius 1 is 1.08 bits per heavy atom. The monoisotopic (exact) mass is 329 g/mol. The summed E-state index contributed by atoms with van der Waals surface area (Å²) in [6.45, 7) is 1.83. The molecule has 2 unspecified atom stereocenters. The number of carboxylic acids is 1. The van der Waals surface area contributed by atoms with Crippen LogP contribution in [0.1, 0.15) is 30.4 Å². The first-order valence-corrected chi connectivity index (χ1v) is 7.83. The lowest BCUT2D eigenvalue weighted by Crippen LogP contribution is -2.44. The minimum atomic E-state index is -1.08. The number of nitrogens with one attached hydrogen (secondary N) is 1. The van der Waals surface area contributed by atoms with E-state index in [9.17, 15) is 19.1 Å². The average Bonchev–Trinajstić information content (AvgIpc) is 2.57. The lowest BCUT2D eigenvalue weighted by molar-refractivity contribution is -0.142. The second-order valence-corrected chi connectivity index (χ2v) is 5.60. The summed E-state index contributed by atoms with van der Waals surface area (Å²) in [5.41, 5.74) is 1.50. The van der Waals surface area contributed by atoms with Gasteiger partial charge in [0.2, 0.25) is 5.91 Å². The maximum atomic E-state index is 13.0. The number of halogens is 1. The van der Waals surface area contributed by atoms with Crippen molar-refractivity contribution in [2.24, 2.45) is 0 Å². The molecule has 0 bridgehead atoms. The Morgan fingerprint density at radius 3 is 2.25 bits per heavy atom. The predicted molar refractivity (Wildman–Crippen MR) is 89.1 cm³/mol. The fraction of sp³-hybridized carbons (Fsp3) is 0.263. The molecule has 2 aromatic rings. The van der Waals surface area contributed by atoms with Crippen molar-refractivity contribution in [1.29, 1.82) is 0 Å². The molecule has 2 atom stereocenters. The second kappa shape index (κ2) is 8.24. The van der Waals surface area contributed by atoms with Crippen molar-refractivity contribution in [2.45, 2.75) is 31.7 Å². The molecular formula is C19H20FNO3. The molecular weight excluding hydrogens is 309 g/mol. The summed E-state index contributed by atoms with van der Waals surface area (Å²) in [5.74, 6) is -2.33. The van der Waals surface area contributed by atoms with E-state index in [0.29, 0.717) is 12.0 Å². The molecule has 2 N–H and O–H groups in total. The highest BCUT2D eigenvalue weighted by Gasteiger charge is 2.25. The van der Waals surface area contributed by atoms with Crippen LogP contribution in [0, 0.1) is 5.82 Å². The smallest absolute Gasteiger partial charge is 0.326 e. The van der Waals surface area contributed by atoms with E-state index in [4.69, 9.17) is 0 Å². The zero-order valence-corrected chi connectivity index (χ0v) is 13.4. The summed E-state index contributed by atoms with van der Waals surface area (Å²) in [5, 5.41) is 12.0. The minimum absolute atomic E-state index is 0.210. The van der Waals surface area contributed by atoms with Crippen LogP contribution in [-0.4, -0.2) is 23.0 Å². The van der Waals surface area contributed by atoms with Crippen LogP contribution in [0.4, 0.5) is 4.39 Å². The fourth-order valence-corrected chi connectivity index (χ4v) is 2.59. The summed E-state index contributed by atoms with van der Waals surface area (Å²) >= 11 is 0. The average molecular weight is 329 g/mol. The van der Waals surface area contributed by atoms with Crippen molar-refractivity contribution in [3.63, 3.8) is 0 Å². The topological polar surface area (TPSA) is 66.4 Å². The Balaban J connectivity index is 2.11. The zero-order valence-electron chi connectivity index (χ0n) is 13.4. The Hall–Kier alpha value is -2.69. The third-order valence-corrected chi connectivity index (χ3v) is 3.89. The molecule has 1 amide bonds. The van der Waals surface area contributed by atoms with Gasteiger partial charge < -0.3 is 10.4 Å². The van der Waals surface area contributed by atoms with Crippen LogP contribution in [-0.2, 0) is 16.0 Å². The van der Waals surface area contributed by atoms with Gasteiger partial charge in [-0.25, -0.2) is 9.18 Å². The summed E-state index contributed by atoms with van der Waals surface area (Å²) < 4.78 is 13.0. The highest BCUT2D eigenvalue weighted by atomic mass is 19.1. The number of hydrogen-bond acceptors (Lipinski definition) is 2. The van der Waals surface area contributed by atoms with E-state index in [-0.39, 0.29) is 18.1 Å². The van der Waals surface area contributed by atoms with E-state index in [1.807, 2.05) is 37.3 Å². The number of carboxylic acid groups (broad SMARTS) is 1. The normalized spacial score (nSPS) is 13.1. The number of rotatable bonds is 7. The van der Waals surface area contributed by atoms with Crippen molar-refractivity contribution in [2.75, 3.05) is 0 Å². The Kier molecular flexibility index (Phi) is 6.07. The lowest BCUT2D eigenvalue weighted by Gasteiger charge is -2.20. The third-order valence-electron chi connectivity index (χ3n) is 3.89. The number of hydrogen-bond donors (Lipinski definition) is 2. The molecule has 0 aliphatic carbocycles. The summed E-state index contributed by atoms with van der Waals surface area (Å²) in [4.78, 5) is 24.0. The molecule has 4 nitrogen and oxygen atoms in total. The molecule has 0 radical (unpaired) electrons. The molecule has 0 aliphatic heterocycles. The van der Waals surface area contributed by atoms with Crippen LogP contribution >= 0.6 is 0 Å². The number of aliphatic carboxylic acids is 1. The second-order valence-electron chi connectivity index (χ2n) is 5.60. The van der Waals surface area contributed by atoms with Crippen molar-refractivity contribution < 1.29 is 19.1 Å². The van der Waals surface area contributed by atoms with Gasteiger partial charge >= 0.3 is 5.97 Å². The van der Waals surface area contributed by atoms with E-state index in [1.165, 1.54) is 12.1 Å². The molecule has 126 valence electrons. The van der Waals surface area contributed by atoms with Gasteiger partial charge in [0.1, 0.15) is 11.9 Å². The maximum absolute atomic E-state index is 13.0. The zero-order chi connectivity index (χ0) is 17.5. The number of carbonyl (C=O) groups is 2. The van der Waals surface area contributed by atoms with Crippen LogP contribution in [0.2, 0.25) is 0 Å². The summed E-state index contributed by atoms with van der Waals surface area (Å²) in [6, 6.07) is 13.8. The molecule has 0 aliphatic rings. The van der Waals surface area contributed by atoms with E-state index in [2.05, 4.69) is 5.32 Å². The molecule has 24 heavy (non-hydrogen) atoms. The molecule has 0 heterocycles. The maximum Gasteiger partial charge on any atom is 0.326 e. The van der Waals surface area contributed by atoms with Crippen LogP contribution in [0.15, 0.2) is 54.6 Å². The SMILES string of the molecule is CCC(C(=O)NC(Cc1ccccc1)C(=O)O)c1ccc(F)cc1. The first-order chi connectivity index (χ1) is 11.5. The molecule has 2 aromatic carbocycles. The van der Waals surface area contributed by atoms with Crippen molar-refractivity contribution in [3.05, 3.63) is 71.5 Å². The lowest BCUT2D eigenvalue weighted by atomic mass is 9.94. The molecule has 0 saturated heterocycles. The van der Waals surface area contributed by atoms with Crippen LogP contribution in [0.5, 0.6) is 0 Å². The molecule has 5 heteroatoms. The molecule has 2 rings (SSSR count). The minimum Gasteiger partial charge on any atom is -0.480 e. The van der Waals surface area contributed by atoms with Crippen molar-refractivity contribution in [3.8, 4) is 0 Å². The Morgan fingerprint density at radius 2 is 1.71 bits per heavy atom. The predicted octanol–water partition coefficient (Wildman–Crippen LogP) is 3.13. The largest absolute Gasteiger partial charge is 0.480 e. The van der Waals surface area contributed by atoms with Crippen LogP contribution in [0.25, 0.3) is 0 Å². The summed E-state index contributed by atoms with van der Waals surface area (Å²) in [7, 11) is 0. The van der Waals surface area contributed by atoms with E-state index in [1.54, 1.807) is 12.1 Å². The molecule has 0 fully saturated rings. The van der Waals surface area contributed by atoms with E-state index < -0.39 is 17.9 Å². The van der Waals surface area contributed by atoms with Gasteiger partial charge in [-0.15, -0.1) is 0 Å². The molecule has 0 saturated carbocycles. The van der Waals surface area contributed by atoms with Crippen LogP contribution < -0.4 is 5.32 Å². The van der Waals surface area contributed by atoms with Crippen molar-refractivity contribution in [1.82, 2.24) is 5.32 Å². The summed E-state index contributed by atoms with van der Waals surface area (Å²) in [6.07, 6.45) is 0.705. The van der Waals surface area contributed by atoms with E-state index >= 15 is 0 Å². The Labute approximate surface area is 140 Å². The number of carbonyl (C=O) groups excluding carboxylic acids is 1. The number of benzene rings is 2. The highest BCUT2D eigenvalue weighted by Crippen LogP contribution is 2.20. The van der Waals surface area contributed by atoms with Gasteiger partial charge in [-0.05, 0) is 29.7 Å². The fourth-order valence-electron chi connectivity index (χ4n) is 2.59. The van der Waals surface area contributed by atoms with Gasteiger partial charge in [-0.3, -0.25) is 4.79 Å². The van der Waals surface area contributed by atoms with Crippen molar-refractivity contribution >= 4 is 11.9 Å². The standard InChI is InChI=1S/C19H20FNO3/c1-2-16(14-8-10-15(20)11-9-14)18(22)21-17(19(23)24)12-13-6-4-3-5-7-13/h3-11,16-17H,2,12H2,1H3,(H,21,22)(H,23,24). The quantitative estimate of drug-likeness (QED) is 0.820. The highest BCUT2D eigenvalue weighted by molar-refractivity contribution is 5.88. The van der Waals surface area contributed by atoms with Gasteiger partial charge in [0.25, 0.3) is 0 Å².